The van der Waals surface area contributed by atoms with Gasteiger partial charge in [-0.3, -0.25) is 9.69 Å². The van der Waals surface area contributed by atoms with E-state index >= 15 is 0 Å². The van der Waals surface area contributed by atoms with Gasteiger partial charge in [-0.2, -0.15) is 0 Å². The van der Waals surface area contributed by atoms with Crippen LogP contribution in [0.4, 0.5) is 4.79 Å². The Hall–Kier alpha value is -2.93. The number of oxazole rings is 1. The third-order valence-corrected chi connectivity index (χ3v) is 6.11. The first-order valence-electron chi connectivity index (χ1n) is 8.88. The number of aryl methyl sites for hydroxylation is 1. The molecule has 3 aromatic rings. The number of aromatic nitrogens is 1. The van der Waals surface area contributed by atoms with E-state index in [2.05, 4.69) is 10.3 Å². The highest BCUT2D eigenvalue weighted by Gasteiger charge is 2.53. The molecule has 1 aromatic carbocycles. The number of fused-ring (bicyclic) bond motifs is 2. The molecule has 5 rings (SSSR count). The molecule has 1 saturated heterocycles. The minimum absolute atomic E-state index is 0.101. The minimum atomic E-state index is -0.952. The quantitative estimate of drug-likeness (QED) is 0.704. The number of amides is 3. The molecule has 1 fully saturated rings. The van der Waals surface area contributed by atoms with Crippen LogP contribution < -0.4 is 5.32 Å². The van der Waals surface area contributed by atoms with E-state index in [9.17, 15) is 9.59 Å². The number of hydrogen-bond acceptors (Lipinski definition) is 5. The lowest BCUT2D eigenvalue weighted by atomic mass is 9.76. The van der Waals surface area contributed by atoms with Crippen molar-refractivity contribution < 1.29 is 14.0 Å². The number of nitrogens with zero attached hydrogens (tertiary/aromatic N) is 2. The van der Waals surface area contributed by atoms with Crippen LogP contribution in [-0.2, 0) is 23.3 Å². The van der Waals surface area contributed by atoms with Crippen molar-refractivity contribution in [1.29, 1.82) is 0 Å². The number of hydrogen-bond donors (Lipinski definition) is 1. The fourth-order valence-corrected chi connectivity index (χ4v) is 4.67. The molecule has 2 aliphatic rings. The summed E-state index contributed by atoms with van der Waals surface area (Å²) >= 11 is 1.53. The molecule has 27 heavy (non-hydrogen) atoms. The minimum Gasteiger partial charge on any atom is -0.443 e. The van der Waals surface area contributed by atoms with Crippen LogP contribution in [0.5, 0.6) is 0 Å². The molecule has 7 heteroatoms. The molecule has 0 unspecified atom stereocenters. The lowest BCUT2D eigenvalue weighted by Crippen LogP contribution is -2.46. The van der Waals surface area contributed by atoms with Gasteiger partial charge in [0, 0.05) is 0 Å². The van der Waals surface area contributed by atoms with Crippen LogP contribution in [0.25, 0.3) is 10.8 Å². The molecule has 0 bridgehead atoms. The van der Waals surface area contributed by atoms with Crippen LogP contribution in [0.15, 0.2) is 52.5 Å². The Morgan fingerprint density at radius 2 is 2.11 bits per heavy atom. The number of rotatable bonds is 3. The summed E-state index contributed by atoms with van der Waals surface area (Å²) in [4.78, 5) is 32.5. The molecule has 1 aliphatic heterocycles. The second-order valence-corrected chi connectivity index (χ2v) is 7.81. The molecule has 136 valence electrons. The van der Waals surface area contributed by atoms with Crippen LogP contribution >= 0.6 is 11.3 Å². The molecule has 3 heterocycles. The van der Waals surface area contributed by atoms with E-state index in [0.717, 1.165) is 28.8 Å². The topological polar surface area (TPSA) is 75.4 Å². The molecule has 0 radical (unpaired) electrons. The molecule has 3 amide bonds. The third kappa shape index (κ3) is 2.49. The molecular formula is C20H17N3O3S. The van der Waals surface area contributed by atoms with Crippen molar-refractivity contribution >= 4 is 23.3 Å². The SMILES string of the molecule is O=C1N[C@]2(CCCc3ccccc32)C(=O)N1Cc1coc(-c2cccs2)n1. The van der Waals surface area contributed by atoms with Gasteiger partial charge in [-0.15, -0.1) is 11.3 Å². The zero-order valence-corrected chi connectivity index (χ0v) is 15.3. The fourth-order valence-electron chi connectivity index (χ4n) is 4.01. The highest BCUT2D eigenvalue weighted by molar-refractivity contribution is 7.13. The van der Waals surface area contributed by atoms with Gasteiger partial charge in [0.25, 0.3) is 5.91 Å². The number of carbonyl (C=O) groups is 2. The van der Waals surface area contributed by atoms with Gasteiger partial charge in [0.05, 0.1) is 17.1 Å². The van der Waals surface area contributed by atoms with Gasteiger partial charge in [0.2, 0.25) is 5.89 Å². The summed E-state index contributed by atoms with van der Waals surface area (Å²) in [6, 6.07) is 11.3. The zero-order valence-electron chi connectivity index (χ0n) is 14.5. The van der Waals surface area contributed by atoms with Crippen molar-refractivity contribution in [3.8, 4) is 10.8 Å². The number of urea groups is 1. The third-order valence-electron chi connectivity index (χ3n) is 5.25. The highest BCUT2D eigenvalue weighted by Crippen LogP contribution is 2.40. The molecule has 1 spiro atoms. The van der Waals surface area contributed by atoms with Crippen molar-refractivity contribution in [3.05, 3.63) is 64.9 Å². The normalized spacial score (nSPS) is 21.6. The van der Waals surface area contributed by atoms with Gasteiger partial charge < -0.3 is 9.73 Å². The van der Waals surface area contributed by atoms with Crippen molar-refractivity contribution in [2.75, 3.05) is 0 Å². The van der Waals surface area contributed by atoms with Crippen molar-refractivity contribution in [1.82, 2.24) is 15.2 Å². The summed E-state index contributed by atoms with van der Waals surface area (Å²) in [6.45, 7) is 0.101. The number of benzene rings is 1. The molecule has 2 aromatic heterocycles. The summed E-state index contributed by atoms with van der Waals surface area (Å²) in [5, 5.41) is 4.91. The highest BCUT2D eigenvalue weighted by atomic mass is 32.1. The van der Waals surface area contributed by atoms with Crippen LogP contribution in [0.2, 0.25) is 0 Å². The van der Waals surface area contributed by atoms with Gasteiger partial charge in [0.15, 0.2) is 0 Å². The average Bonchev–Trinajstić information content (AvgIpc) is 3.40. The summed E-state index contributed by atoms with van der Waals surface area (Å²) < 4.78 is 5.51. The largest absolute Gasteiger partial charge is 0.443 e. The van der Waals surface area contributed by atoms with E-state index in [0.29, 0.717) is 18.0 Å². The number of thiophene rings is 1. The van der Waals surface area contributed by atoms with Crippen LogP contribution in [0.1, 0.15) is 29.7 Å². The van der Waals surface area contributed by atoms with E-state index in [-0.39, 0.29) is 18.5 Å². The van der Waals surface area contributed by atoms with Crippen LogP contribution in [0, 0.1) is 0 Å². The molecule has 0 saturated carbocycles. The van der Waals surface area contributed by atoms with E-state index in [1.54, 1.807) is 0 Å². The Morgan fingerprint density at radius 1 is 1.22 bits per heavy atom. The van der Waals surface area contributed by atoms with Gasteiger partial charge in [0.1, 0.15) is 11.8 Å². The summed E-state index contributed by atoms with van der Waals surface area (Å²) in [5.41, 5.74) is 1.65. The first kappa shape index (κ1) is 16.3. The molecule has 1 aliphatic carbocycles. The predicted molar refractivity (Wildman–Crippen MR) is 100.0 cm³/mol. The van der Waals surface area contributed by atoms with E-state index < -0.39 is 5.54 Å². The number of carbonyl (C=O) groups excluding carboxylic acids is 2. The standard InChI is InChI=1S/C20H17N3O3S/c24-18-20(9-3-6-13-5-1-2-7-15(13)20)22-19(25)23(18)11-14-12-26-17(21-14)16-8-4-10-27-16/h1-2,4-5,7-8,10,12H,3,6,9,11H2,(H,22,25)/t20-/m0/s1. The molecule has 1 N–H and O–H groups in total. The van der Waals surface area contributed by atoms with Gasteiger partial charge in [-0.1, -0.05) is 30.3 Å². The number of imide groups is 1. The first-order chi connectivity index (χ1) is 13.2. The van der Waals surface area contributed by atoms with Gasteiger partial charge >= 0.3 is 6.03 Å². The Kier molecular flexibility index (Phi) is 3.65. The van der Waals surface area contributed by atoms with Gasteiger partial charge in [-0.25, -0.2) is 9.78 Å². The Bertz CT molecular complexity index is 1030. The predicted octanol–water partition coefficient (Wildman–Crippen LogP) is 3.69. The van der Waals surface area contributed by atoms with Crippen molar-refractivity contribution in [2.24, 2.45) is 0 Å². The molecule has 6 nitrogen and oxygen atoms in total. The Labute approximate surface area is 159 Å². The maximum atomic E-state index is 13.3. The monoisotopic (exact) mass is 379 g/mol. The van der Waals surface area contributed by atoms with Crippen LogP contribution in [0.3, 0.4) is 0 Å². The molecular weight excluding hydrogens is 362 g/mol. The molecule has 1 atom stereocenters. The Morgan fingerprint density at radius 3 is 2.96 bits per heavy atom. The fraction of sp³-hybridized carbons (Fsp3) is 0.250. The zero-order chi connectivity index (χ0) is 18.4. The van der Waals surface area contributed by atoms with Crippen LogP contribution in [-0.4, -0.2) is 21.8 Å². The summed E-state index contributed by atoms with van der Waals surface area (Å²) in [5.74, 6) is 0.296. The van der Waals surface area contributed by atoms with Crippen molar-refractivity contribution in [3.63, 3.8) is 0 Å². The summed E-state index contributed by atoms with van der Waals surface area (Å²) in [7, 11) is 0. The second kappa shape index (κ2) is 6.06. The first-order valence-corrected chi connectivity index (χ1v) is 9.76. The maximum Gasteiger partial charge on any atom is 0.325 e. The summed E-state index contributed by atoms with van der Waals surface area (Å²) in [6.07, 6.45) is 3.91. The second-order valence-electron chi connectivity index (χ2n) is 6.86. The Balaban J connectivity index is 1.44. The van der Waals surface area contributed by atoms with E-state index in [1.165, 1.54) is 22.5 Å². The van der Waals surface area contributed by atoms with E-state index in [1.807, 2.05) is 41.8 Å². The average molecular weight is 379 g/mol. The lowest BCUT2D eigenvalue weighted by Gasteiger charge is -2.33. The van der Waals surface area contributed by atoms with E-state index in [4.69, 9.17) is 4.42 Å². The van der Waals surface area contributed by atoms with Gasteiger partial charge in [-0.05, 0) is 41.8 Å². The maximum absolute atomic E-state index is 13.3. The van der Waals surface area contributed by atoms with Crippen molar-refractivity contribution in [2.45, 2.75) is 31.3 Å². The number of nitrogens with one attached hydrogen (secondary N) is 1. The smallest absolute Gasteiger partial charge is 0.325 e. The lowest BCUT2D eigenvalue weighted by molar-refractivity contribution is -0.132.